The summed E-state index contributed by atoms with van der Waals surface area (Å²) in [5.74, 6) is 0. The fourth-order valence-corrected chi connectivity index (χ4v) is 15.3. The van der Waals surface area contributed by atoms with Gasteiger partial charge in [-0.3, -0.25) is 0 Å². The maximum absolute atomic E-state index is 2.63. The van der Waals surface area contributed by atoms with Crippen LogP contribution in [0.2, 0.25) is 0 Å². The predicted molar refractivity (Wildman–Crippen MR) is 139 cm³/mol. The smallest absolute Gasteiger partial charge is 0.0622 e. The van der Waals surface area contributed by atoms with Crippen LogP contribution in [0.25, 0.3) is 11.1 Å². The Bertz CT molecular complexity index is 762. The fraction of sp³-hybridized carbons (Fsp3) is 0.600. The first kappa shape index (κ1) is 21.7. The van der Waals surface area contributed by atoms with E-state index in [0.29, 0.717) is 0 Å². The van der Waals surface area contributed by atoms with E-state index >= 15 is 0 Å². The van der Waals surface area contributed by atoms with Crippen LogP contribution in [0.15, 0.2) is 54.6 Å². The predicted octanol–water partition coefficient (Wildman–Crippen LogP) is 8.99. The molecule has 0 amide bonds. The molecule has 0 spiro atoms. The summed E-state index contributed by atoms with van der Waals surface area (Å²) in [5, 5.41) is 1.85. The molecule has 0 aliphatic heterocycles. The van der Waals surface area contributed by atoms with Gasteiger partial charge in [0.1, 0.15) is 5.30 Å². The summed E-state index contributed by atoms with van der Waals surface area (Å²) in [5.41, 5.74) is 6.05. The van der Waals surface area contributed by atoms with Crippen molar-refractivity contribution in [1.29, 1.82) is 0 Å². The van der Waals surface area contributed by atoms with Crippen molar-refractivity contribution in [3.63, 3.8) is 0 Å². The van der Waals surface area contributed by atoms with Crippen molar-refractivity contribution in [2.75, 3.05) is 0 Å². The van der Waals surface area contributed by atoms with E-state index in [2.05, 4.69) is 54.6 Å². The lowest BCUT2D eigenvalue weighted by molar-refractivity contribution is 0.455. The van der Waals surface area contributed by atoms with E-state index in [1.54, 1.807) is 5.56 Å². The van der Waals surface area contributed by atoms with Crippen molar-refractivity contribution in [1.82, 2.24) is 0 Å². The molecule has 3 saturated carbocycles. The van der Waals surface area contributed by atoms with Gasteiger partial charge in [0.2, 0.25) is 0 Å². The Morgan fingerprint density at radius 1 is 0.452 bits per heavy atom. The van der Waals surface area contributed by atoms with Crippen LogP contribution < -0.4 is 5.30 Å². The molecule has 0 radical (unpaired) electrons. The Labute approximate surface area is 191 Å². The van der Waals surface area contributed by atoms with E-state index in [4.69, 9.17) is 0 Å². The lowest BCUT2D eigenvalue weighted by Gasteiger charge is -2.49. The molecule has 3 fully saturated rings. The molecule has 5 rings (SSSR count). The summed E-state index contributed by atoms with van der Waals surface area (Å²) in [4.78, 5) is 0. The van der Waals surface area contributed by atoms with Gasteiger partial charge in [-0.15, -0.1) is 0 Å². The minimum atomic E-state index is -1.28. The first-order valence-corrected chi connectivity index (χ1v) is 15.4. The molecule has 0 aromatic heterocycles. The molecule has 2 aromatic carbocycles. The highest BCUT2D eigenvalue weighted by Crippen LogP contribution is 2.77. The van der Waals surface area contributed by atoms with Gasteiger partial charge in [0, 0.05) is 5.56 Å². The number of hydrogen-bond acceptors (Lipinski definition) is 0. The quantitative estimate of drug-likeness (QED) is 0.413. The zero-order valence-electron chi connectivity index (χ0n) is 19.5. The largest absolute Gasteiger partial charge is 0.103 e. The van der Waals surface area contributed by atoms with Gasteiger partial charge in [-0.25, -0.2) is 0 Å². The molecular weight excluding hydrogens is 391 g/mol. The van der Waals surface area contributed by atoms with Crippen molar-refractivity contribution in [2.45, 2.75) is 113 Å². The van der Waals surface area contributed by atoms with Crippen molar-refractivity contribution < 1.29 is 0 Å². The Balaban J connectivity index is 1.71. The highest BCUT2D eigenvalue weighted by molar-refractivity contribution is 7.85. The maximum Gasteiger partial charge on any atom is 0.103 e. The van der Waals surface area contributed by atoms with Gasteiger partial charge in [-0.05, 0) is 88.7 Å². The number of benzene rings is 2. The van der Waals surface area contributed by atoms with Gasteiger partial charge in [0.25, 0.3) is 0 Å². The van der Waals surface area contributed by atoms with Crippen molar-refractivity contribution >= 4 is 12.6 Å². The van der Waals surface area contributed by atoms with E-state index in [1.807, 2.05) is 5.30 Å². The van der Waals surface area contributed by atoms with Gasteiger partial charge in [0.05, 0.1) is 24.2 Å². The van der Waals surface area contributed by atoms with Gasteiger partial charge in [0.15, 0.2) is 0 Å². The lowest BCUT2D eigenvalue weighted by Crippen LogP contribution is -2.42. The third kappa shape index (κ3) is 4.27. The molecule has 0 nitrogen and oxygen atoms in total. The SMILES string of the molecule is c1ccc(-c2ccccc2[P+](C2CCCCC2)(C2CCCCC2)C2CCCCC2)cc1. The molecule has 0 heterocycles. The second-order valence-corrected chi connectivity index (χ2v) is 14.9. The van der Waals surface area contributed by atoms with Gasteiger partial charge >= 0.3 is 0 Å². The van der Waals surface area contributed by atoms with E-state index in [-0.39, 0.29) is 0 Å². The van der Waals surface area contributed by atoms with Gasteiger partial charge in [-0.1, -0.05) is 67.8 Å². The zero-order valence-corrected chi connectivity index (χ0v) is 20.4. The third-order valence-corrected chi connectivity index (χ3v) is 15.3. The van der Waals surface area contributed by atoms with Crippen LogP contribution in [0.5, 0.6) is 0 Å². The molecule has 1 heteroatoms. The lowest BCUT2D eigenvalue weighted by atomic mass is 9.98. The van der Waals surface area contributed by atoms with Crippen molar-refractivity contribution in [3.8, 4) is 11.1 Å². The van der Waals surface area contributed by atoms with Crippen LogP contribution in [-0.4, -0.2) is 17.0 Å². The van der Waals surface area contributed by atoms with Gasteiger partial charge < -0.3 is 0 Å². The summed E-state index contributed by atoms with van der Waals surface area (Å²) in [6.45, 7) is 0. The van der Waals surface area contributed by atoms with Crippen LogP contribution in [0.1, 0.15) is 96.3 Å². The van der Waals surface area contributed by atoms with E-state index in [1.165, 1.54) is 102 Å². The second-order valence-electron chi connectivity index (χ2n) is 10.6. The molecular formula is C30H42P+. The molecule has 2 aromatic rings. The molecule has 3 aliphatic carbocycles. The average Bonchev–Trinajstić information content (AvgIpc) is 2.87. The van der Waals surface area contributed by atoms with Crippen LogP contribution in [0.4, 0.5) is 0 Å². The van der Waals surface area contributed by atoms with E-state index in [0.717, 1.165) is 17.0 Å². The summed E-state index contributed by atoms with van der Waals surface area (Å²) >= 11 is 0. The van der Waals surface area contributed by atoms with Crippen LogP contribution in [0, 0.1) is 0 Å². The highest BCUT2D eigenvalue weighted by Gasteiger charge is 2.59. The molecule has 0 unspecified atom stereocenters. The number of rotatable bonds is 5. The fourth-order valence-electron chi connectivity index (χ4n) is 7.68. The van der Waals surface area contributed by atoms with E-state index < -0.39 is 7.26 Å². The van der Waals surface area contributed by atoms with Crippen molar-refractivity contribution in [2.24, 2.45) is 0 Å². The summed E-state index contributed by atoms with van der Waals surface area (Å²) in [7, 11) is -1.28. The summed E-state index contributed by atoms with van der Waals surface area (Å²) in [6, 6.07) is 21.2. The highest BCUT2D eigenvalue weighted by atomic mass is 31.2. The monoisotopic (exact) mass is 433 g/mol. The molecule has 31 heavy (non-hydrogen) atoms. The number of hydrogen-bond donors (Lipinski definition) is 0. The Morgan fingerprint density at radius 2 is 0.871 bits per heavy atom. The minimum Gasteiger partial charge on any atom is -0.0622 e. The van der Waals surface area contributed by atoms with Crippen LogP contribution in [0.3, 0.4) is 0 Å². The molecule has 0 bridgehead atoms. The van der Waals surface area contributed by atoms with Crippen LogP contribution >= 0.6 is 7.26 Å². The molecule has 0 saturated heterocycles. The Hall–Kier alpha value is -1.13. The topological polar surface area (TPSA) is 0 Å². The minimum absolute atomic E-state index is 0.998. The first-order chi connectivity index (χ1) is 15.4. The van der Waals surface area contributed by atoms with Gasteiger partial charge in [-0.2, -0.15) is 0 Å². The first-order valence-electron chi connectivity index (χ1n) is 13.4. The van der Waals surface area contributed by atoms with Crippen LogP contribution in [-0.2, 0) is 0 Å². The summed E-state index contributed by atoms with van der Waals surface area (Å²) < 4.78 is 0. The standard InChI is InChI=1S/C30H42P/c1-5-15-25(16-6-1)29-23-13-14-24-30(29)31(26-17-7-2-8-18-26,27-19-9-3-10-20-27)28-21-11-4-12-22-28/h1,5-6,13-16,23-24,26-28H,2-4,7-12,17-22H2/q+1. The third-order valence-electron chi connectivity index (χ3n) is 8.94. The molecule has 0 atom stereocenters. The summed E-state index contributed by atoms with van der Waals surface area (Å²) in [6.07, 6.45) is 22.5. The average molecular weight is 434 g/mol. The Kier molecular flexibility index (Phi) is 7.15. The Morgan fingerprint density at radius 3 is 1.35 bits per heavy atom. The molecule has 166 valence electrons. The normalized spacial score (nSPS) is 22.5. The van der Waals surface area contributed by atoms with E-state index in [9.17, 15) is 0 Å². The molecule has 0 N–H and O–H groups in total. The second kappa shape index (κ2) is 10.2. The molecule has 3 aliphatic rings. The maximum atomic E-state index is 2.63. The van der Waals surface area contributed by atoms with Crippen molar-refractivity contribution in [3.05, 3.63) is 54.6 Å². The zero-order chi connectivity index (χ0) is 20.9.